The van der Waals surface area contributed by atoms with E-state index in [1.165, 1.54) is 17.0 Å². The summed E-state index contributed by atoms with van der Waals surface area (Å²) in [6, 6.07) is 11.3. The summed E-state index contributed by atoms with van der Waals surface area (Å²) in [5.41, 5.74) is 1.55. The normalized spacial score (nSPS) is 13.4. The van der Waals surface area contributed by atoms with Crippen LogP contribution < -0.4 is 15.0 Å². The van der Waals surface area contributed by atoms with E-state index in [-0.39, 0.29) is 19.0 Å². The van der Waals surface area contributed by atoms with Gasteiger partial charge in [-0.3, -0.25) is 10.2 Å². The van der Waals surface area contributed by atoms with Crippen LogP contribution in [-0.4, -0.2) is 29.2 Å². The van der Waals surface area contributed by atoms with E-state index in [4.69, 9.17) is 4.74 Å². The van der Waals surface area contributed by atoms with Crippen LogP contribution in [0.1, 0.15) is 16.8 Å². The second-order valence-electron chi connectivity index (χ2n) is 7.20. The second-order valence-corrected chi connectivity index (χ2v) is 7.20. The molecule has 0 spiro atoms. The smallest absolute Gasteiger partial charge is 0.416 e. The molecule has 0 radical (unpaired) electrons. The van der Waals surface area contributed by atoms with Crippen LogP contribution in [0, 0.1) is 13.8 Å². The zero-order chi connectivity index (χ0) is 22.2. The fourth-order valence-electron chi connectivity index (χ4n) is 3.39. The number of benzene rings is 1. The van der Waals surface area contributed by atoms with Gasteiger partial charge in [-0.1, -0.05) is 12.1 Å². The van der Waals surface area contributed by atoms with Gasteiger partial charge in [-0.15, -0.1) is 0 Å². The summed E-state index contributed by atoms with van der Waals surface area (Å²) in [5.74, 6) is 1.03. The number of aryl methyl sites for hydroxylation is 2. The van der Waals surface area contributed by atoms with Crippen molar-refractivity contribution < 1.29 is 22.7 Å². The molecule has 0 saturated heterocycles. The standard InChI is InChI=1S/C22H19F3N4O2/c1-13-10-14(2)26-19(11-13)28-21(30)29-8-9-31-18-7-6-17(27-20(18)29)15-4-3-5-16(12-15)22(23,24)25/h3-7,10-12H,8-9H2,1-2H3,(H,26,28,30). The van der Waals surface area contributed by atoms with E-state index in [1.54, 1.807) is 18.2 Å². The van der Waals surface area contributed by atoms with Crippen molar-refractivity contribution >= 4 is 17.7 Å². The van der Waals surface area contributed by atoms with Crippen molar-refractivity contribution in [2.75, 3.05) is 23.4 Å². The lowest BCUT2D eigenvalue weighted by atomic mass is 10.1. The number of nitrogens with one attached hydrogen (secondary N) is 1. The zero-order valence-corrected chi connectivity index (χ0v) is 16.8. The van der Waals surface area contributed by atoms with Crippen molar-refractivity contribution in [1.82, 2.24) is 9.97 Å². The maximum Gasteiger partial charge on any atom is 0.416 e. The minimum absolute atomic E-state index is 0.239. The second kappa shape index (κ2) is 7.90. The minimum Gasteiger partial charge on any atom is -0.488 e. The Hall–Kier alpha value is -3.62. The molecule has 2 amide bonds. The van der Waals surface area contributed by atoms with Gasteiger partial charge < -0.3 is 4.74 Å². The molecule has 0 fully saturated rings. The van der Waals surface area contributed by atoms with E-state index in [0.717, 1.165) is 23.4 Å². The van der Waals surface area contributed by atoms with Gasteiger partial charge in [0.2, 0.25) is 0 Å². The third kappa shape index (κ3) is 4.45. The van der Waals surface area contributed by atoms with E-state index in [1.807, 2.05) is 19.9 Å². The molecule has 160 valence electrons. The van der Waals surface area contributed by atoms with Crippen molar-refractivity contribution in [2.24, 2.45) is 0 Å². The van der Waals surface area contributed by atoms with Gasteiger partial charge in [-0.2, -0.15) is 13.2 Å². The molecule has 4 rings (SSSR count). The molecule has 0 bridgehead atoms. The van der Waals surface area contributed by atoms with E-state index in [9.17, 15) is 18.0 Å². The van der Waals surface area contributed by atoms with Crippen molar-refractivity contribution in [3.63, 3.8) is 0 Å². The zero-order valence-electron chi connectivity index (χ0n) is 16.8. The summed E-state index contributed by atoms with van der Waals surface area (Å²) in [4.78, 5) is 23.1. The van der Waals surface area contributed by atoms with Gasteiger partial charge in [-0.05, 0) is 55.8 Å². The van der Waals surface area contributed by atoms with Crippen LogP contribution in [0.15, 0.2) is 48.5 Å². The first-order valence-electron chi connectivity index (χ1n) is 9.56. The van der Waals surface area contributed by atoms with Crippen LogP contribution >= 0.6 is 0 Å². The summed E-state index contributed by atoms with van der Waals surface area (Å²) >= 11 is 0. The molecule has 0 unspecified atom stereocenters. The Bertz CT molecular complexity index is 1130. The topological polar surface area (TPSA) is 67.4 Å². The molecule has 3 aromatic rings. The lowest BCUT2D eigenvalue weighted by molar-refractivity contribution is -0.137. The SMILES string of the molecule is Cc1cc(C)nc(NC(=O)N2CCOc3ccc(-c4cccc(C(F)(F)F)c4)nc32)c1. The maximum absolute atomic E-state index is 13.1. The van der Waals surface area contributed by atoms with Crippen LogP contribution in [0.4, 0.5) is 29.6 Å². The number of hydrogen-bond donors (Lipinski definition) is 1. The Balaban J connectivity index is 1.66. The van der Waals surface area contributed by atoms with Gasteiger partial charge in [0, 0.05) is 11.3 Å². The van der Waals surface area contributed by atoms with Crippen LogP contribution in [0.3, 0.4) is 0 Å². The molecule has 2 aromatic heterocycles. The summed E-state index contributed by atoms with van der Waals surface area (Å²) in [6.45, 7) is 4.24. The number of rotatable bonds is 2. The molecule has 1 N–H and O–H groups in total. The number of pyridine rings is 2. The van der Waals surface area contributed by atoms with E-state index < -0.39 is 17.8 Å². The average Bonchev–Trinajstić information content (AvgIpc) is 2.71. The number of anilines is 2. The molecule has 1 aromatic carbocycles. The number of aromatic nitrogens is 2. The van der Waals surface area contributed by atoms with Crippen LogP contribution in [0.5, 0.6) is 5.75 Å². The summed E-state index contributed by atoms with van der Waals surface area (Å²) in [7, 11) is 0. The number of carbonyl (C=O) groups excluding carboxylic acids is 1. The molecule has 1 aliphatic rings. The Morgan fingerprint density at radius 3 is 2.65 bits per heavy atom. The van der Waals surface area contributed by atoms with Gasteiger partial charge in [0.05, 0.1) is 17.8 Å². The highest BCUT2D eigenvalue weighted by Crippen LogP contribution is 2.35. The van der Waals surface area contributed by atoms with E-state index in [2.05, 4.69) is 15.3 Å². The molecule has 1 aliphatic heterocycles. The summed E-state index contributed by atoms with van der Waals surface area (Å²) in [6.07, 6.45) is -4.46. The predicted molar refractivity (Wildman–Crippen MR) is 110 cm³/mol. The first-order valence-corrected chi connectivity index (χ1v) is 9.56. The molecular weight excluding hydrogens is 409 g/mol. The number of nitrogens with zero attached hydrogens (tertiary/aromatic N) is 3. The molecule has 0 aliphatic carbocycles. The van der Waals surface area contributed by atoms with Crippen LogP contribution in [-0.2, 0) is 6.18 Å². The van der Waals surface area contributed by atoms with Crippen LogP contribution in [0.2, 0.25) is 0 Å². The third-order valence-electron chi connectivity index (χ3n) is 4.73. The van der Waals surface area contributed by atoms with Gasteiger partial charge in [0.15, 0.2) is 11.6 Å². The fraction of sp³-hybridized carbons (Fsp3) is 0.227. The van der Waals surface area contributed by atoms with Crippen molar-refractivity contribution in [3.8, 4) is 17.0 Å². The summed E-state index contributed by atoms with van der Waals surface area (Å²) < 4.78 is 44.8. The quantitative estimate of drug-likeness (QED) is 0.609. The number of alkyl halides is 3. The highest BCUT2D eigenvalue weighted by molar-refractivity contribution is 6.02. The number of hydrogen-bond acceptors (Lipinski definition) is 4. The Kier molecular flexibility index (Phi) is 5.26. The van der Waals surface area contributed by atoms with Crippen molar-refractivity contribution in [2.45, 2.75) is 20.0 Å². The number of carbonyl (C=O) groups is 1. The molecule has 0 atom stereocenters. The molecular formula is C22H19F3N4O2. The lowest BCUT2D eigenvalue weighted by Crippen LogP contribution is -2.41. The highest BCUT2D eigenvalue weighted by atomic mass is 19.4. The number of fused-ring (bicyclic) bond motifs is 1. The third-order valence-corrected chi connectivity index (χ3v) is 4.73. The monoisotopic (exact) mass is 428 g/mol. The molecule has 0 saturated carbocycles. The van der Waals surface area contributed by atoms with E-state index in [0.29, 0.717) is 22.8 Å². The Labute approximate surface area is 176 Å². The molecule has 31 heavy (non-hydrogen) atoms. The Morgan fingerprint density at radius 1 is 1.10 bits per heavy atom. The molecule has 3 heterocycles. The maximum atomic E-state index is 13.1. The number of ether oxygens (including phenoxy) is 1. The minimum atomic E-state index is -4.46. The number of amides is 2. The van der Waals surface area contributed by atoms with E-state index >= 15 is 0 Å². The van der Waals surface area contributed by atoms with Crippen molar-refractivity contribution in [3.05, 3.63) is 65.4 Å². The molecule has 9 heteroatoms. The predicted octanol–water partition coefficient (Wildman–Crippen LogP) is 5.21. The lowest BCUT2D eigenvalue weighted by Gasteiger charge is -2.28. The summed E-state index contributed by atoms with van der Waals surface area (Å²) in [5, 5.41) is 2.75. The highest BCUT2D eigenvalue weighted by Gasteiger charge is 2.31. The van der Waals surface area contributed by atoms with Crippen molar-refractivity contribution in [1.29, 1.82) is 0 Å². The van der Waals surface area contributed by atoms with Gasteiger partial charge in [0.25, 0.3) is 0 Å². The van der Waals surface area contributed by atoms with Gasteiger partial charge >= 0.3 is 12.2 Å². The number of halogens is 3. The first-order chi connectivity index (χ1) is 14.7. The van der Waals surface area contributed by atoms with Gasteiger partial charge in [-0.25, -0.2) is 14.8 Å². The van der Waals surface area contributed by atoms with Crippen LogP contribution in [0.25, 0.3) is 11.3 Å². The molecule has 6 nitrogen and oxygen atoms in total. The van der Waals surface area contributed by atoms with Gasteiger partial charge in [0.1, 0.15) is 12.4 Å². The fourth-order valence-corrected chi connectivity index (χ4v) is 3.39. The Morgan fingerprint density at radius 2 is 1.90 bits per heavy atom. The first kappa shape index (κ1) is 20.6. The largest absolute Gasteiger partial charge is 0.488 e. The number of urea groups is 1. The average molecular weight is 428 g/mol.